The highest BCUT2D eigenvalue weighted by atomic mass is 79.9. The van der Waals surface area contributed by atoms with Gasteiger partial charge in [0.2, 0.25) is 0 Å². The van der Waals surface area contributed by atoms with Crippen LogP contribution in [0.15, 0.2) is 40.9 Å². The van der Waals surface area contributed by atoms with E-state index in [0.29, 0.717) is 5.56 Å². The summed E-state index contributed by atoms with van der Waals surface area (Å²) in [4.78, 5) is 0.0775. The second-order valence-corrected chi connectivity index (χ2v) is 6.15. The molecule has 0 bridgehead atoms. The Morgan fingerprint density at radius 2 is 1.56 bits per heavy atom. The summed E-state index contributed by atoms with van der Waals surface area (Å²) in [6.45, 7) is 3.84. The van der Waals surface area contributed by atoms with E-state index in [2.05, 4.69) is 57.0 Å². The van der Waals surface area contributed by atoms with Crippen molar-refractivity contribution < 1.29 is 4.39 Å². The first-order valence-corrected chi connectivity index (χ1v) is 7.36. The van der Waals surface area contributed by atoms with Crippen molar-refractivity contribution in [2.45, 2.75) is 18.7 Å². The van der Waals surface area contributed by atoms with E-state index < -0.39 is 0 Å². The molecule has 0 aliphatic heterocycles. The van der Waals surface area contributed by atoms with Crippen molar-refractivity contribution in [2.75, 3.05) is 0 Å². The zero-order valence-electron chi connectivity index (χ0n) is 10.2. The largest absolute Gasteiger partial charge is 0.207 e. The molecule has 0 saturated carbocycles. The molecule has 0 saturated heterocycles. The molecule has 3 heteroatoms. The lowest BCUT2D eigenvalue weighted by Gasteiger charge is -2.13. The highest BCUT2D eigenvalue weighted by Gasteiger charge is 2.12. The smallest absolute Gasteiger partial charge is 0.126 e. The Hall–Kier alpha value is -0.670. The van der Waals surface area contributed by atoms with E-state index in [1.807, 2.05) is 12.1 Å². The van der Waals surface area contributed by atoms with Crippen LogP contribution in [-0.2, 0) is 0 Å². The summed E-state index contributed by atoms with van der Waals surface area (Å²) in [5, 5.41) is 0. The Labute approximate surface area is 123 Å². The number of alkyl halides is 1. The quantitative estimate of drug-likeness (QED) is 0.595. The van der Waals surface area contributed by atoms with Crippen molar-refractivity contribution in [1.29, 1.82) is 0 Å². The van der Waals surface area contributed by atoms with E-state index in [-0.39, 0.29) is 10.6 Å². The fourth-order valence-electron chi connectivity index (χ4n) is 1.78. The van der Waals surface area contributed by atoms with Crippen LogP contribution in [0.5, 0.6) is 0 Å². The third-order valence-electron chi connectivity index (χ3n) is 2.96. The molecule has 2 aromatic carbocycles. The third-order valence-corrected chi connectivity index (χ3v) is 4.87. The molecule has 0 heterocycles. The molecule has 0 radical (unpaired) electrons. The molecule has 0 amide bonds. The summed E-state index contributed by atoms with van der Waals surface area (Å²) in [5.41, 5.74) is 4.08. The lowest BCUT2D eigenvalue weighted by atomic mass is 10.0. The van der Waals surface area contributed by atoms with Crippen LogP contribution in [0.25, 0.3) is 0 Å². The SMILES string of the molecule is Cc1cc(C(Br)c2ccc(C)c(Br)c2)ccc1F. The van der Waals surface area contributed by atoms with E-state index in [4.69, 9.17) is 0 Å². The predicted octanol–water partition coefficient (Wildman–Crippen LogP) is 5.69. The highest BCUT2D eigenvalue weighted by Crippen LogP contribution is 2.33. The zero-order chi connectivity index (χ0) is 13.3. The van der Waals surface area contributed by atoms with Gasteiger partial charge in [0.05, 0.1) is 4.83 Å². The Bertz CT molecular complexity index is 527. The van der Waals surface area contributed by atoms with Crippen LogP contribution in [0.3, 0.4) is 0 Å². The molecular weight excluding hydrogens is 359 g/mol. The molecular formula is C15H13Br2F. The molecule has 0 nitrogen and oxygen atoms in total. The molecule has 0 aliphatic rings. The molecule has 0 fully saturated rings. The van der Waals surface area contributed by atoms with Crippen molar-refractivity contribution in [1.82, 2.24) is 0 Å². The Kier molecular flexibility index (Phi) is 4.23. The highest BCUT2D eigenvalue weighted by molar-refractivity contribution is 9.10. The van der Waals surface area contributed by atoms with Gasteiger partial charge in [0.25, 0.3) is 0 Å². The summed E-state index contributed by atoms with van der Waals surface area (Å²) in [5.74, 6) is -0.163. The maximum Gasteiger partial charge on any atom is 0.126 e. The first-order valence-electron chi connectivity index (χ1n) is 5.65. The number of aryl methyl sites for hydroxylation is 2. The maximum atomic E-state index is 13.3. The van der Waals surface area contributed by atoms with Crippen molar-refractivity contribution in [3.63, 3.8) is 0 Å². The Balaban J connectivity index is 2.37. The van der Waals surface area contributed by atoms with Gasteiger partial charge in [-0.1, -0.05) is 56.1 Å². The van der Waals surface area contributed by atoms with Crippen LogP contribution < -0.4 is 0 Å². The minimum atomic E-state index is -0.163. The first-order chi connectivity index (χ1) is 8.49. The van der Waals surface area contributed by atoms with E-state index >= 15 is 0 Å². The molecule has 0 N–H and O–H groups in total. The van der Waals surface area contributed by atoms with Gasteiger partial charge in [0, 0.05) is 4.47 Å². The molecule has 1 unspecified atom stereocenters. The lowest BCUT2D eigenvalue weighted by molar-refractivity contribution is 0.618. The molecule has 94 valence electrons. The second kappa shape index (κ2) is 5.54. The van der Waals surface area contributed by atoms with Gasteiger partial charge < -0.3 is 0 Å². The van der Waals surface area contributed by atoms with Crippen LogP contribution in [0, 0.1) is 19.7 Å². The average molecular weight is 372 g/mol. The van der Waals surface area contributed by atoms with Crippen LogP contribution in [0.4, 0.5) is 4.39 Å². The maximum absolute atomic E-state index is 13.3. The van der Waals surface area contributed by atoms with E-state index in [1.54, 1.807) is 6.92 Å². The number of halogens is 3. The molecule has 18 heavy (non-hydrogen) atoms. The van der Waals surface area contributed by atoms with Crippen molar-refractivity contribution in [3.8, 4) is 0 Å². The van der Waals surface area contributed by atoms with E-state index in [9.17, 15) is 4.39 Å². The van der Waals surface area contributed by atoms with Gasteiger partial charge in [0.15, 0.2) is 0 Å². The van der Waals surface area contributed by atoms with E-state index in [1.165, 1.54) is 11.6 Å². The van der Waals surface area contributed by atoms with Crippen LogP contribution in [-0.4, -0.2) is 0 Å². The number of rotatable bonds is 2. The fourth-order valence-corrected chi connectivity index (χ4v) is 2.75. The van der Waals surface area contributed by atoms with Crippen LogP contribution in [0.2, 0.25) is 0 Å². The summed E-state index contributed by atoms with van der Waals surface area (Å²) in [6.07, 6.45) is 0. The van der Waals surface area contributed by atoms with Gasteiger partial charge in [-0.15, -0.1) is 0 Å². The van der Waals surface area contributed by atoms with Gasteiger partial charge in [-0.3, -0.25) is 0 Å². The van der Waals surface area contributed by atoms with Crippen LogP contribution >= 0.6 is 31.9 Å². The minimum absolute atomic E-state index is 0.0775. The monoisotopic (exact) mass is 370 g/mol. The zero-order valence-corrected chi connectivity index (χ0v) is 13.3. The molecule has 0 aromatic heterocycles. The summed E-state index contributed by atoms with van der Waals surface area (Å²) >= 11 is 7.20. The summed E-state index contributed by atoms with van der Waals surface area (Å²) in [6, 6.07) is 11.5. The Morgan fingerprint density at radius 1 is 0.944 bits per heavy atom. The third kappa shape index (κ3) is 2.83. The number of benzene rings is 2. The van der Waals surface area contributed by atoms with Gasteiger partial charge in [-0.2, -0.15) is 0 Å². The second-order valence-electron chi connectivity index (χ2n) is 4.38. The van der Waals surface area contributed by atoms with E-state index in [0.717, 1.165) is 15.6 Å². The topological polar surface area (TPSA) is 0 Å². The van der Waals surface area contributed by atoms with Gasteiger partial charge in [-0.25, -0.2) is 4.39 Å². The van der Waals surface area contributed by atoms with Gasteiger partial charge >= 0.3 is 0 Å². The Morgan fingerprint density at radius 3 is 2.17 bits per heavy atom. The lowest BCUT2D eigenvalue weighted by Crippen LogP contribution is -1.95. The summed E-state index contributed by atoms with van der Waals surface area (Å²) in [7, 11) is 0. The molecule has 1 atom stereocenters. The van der Waals surface area contributed by atoms with Gasteiger partial charge in [0.1, 0.15) is 5.82 Å². The molecule has 2 aromatic rings. The molecule has 2 rings (SSSR count). The first kappa shape index (κ1) is 13.8. The predicted molar refractivity (Wildman–Crippen MR) is 80.8 cm³/mol. The average Bonchev–Trinajstić information content (AvgIpc) is 2.35. The fraction of sp³-hybridized carbons (Fsp3) is 0.200. The normalized spacial score (nSPS) is 12.5. The molecule has 0 aliphatic carbocycles. The van der Waals surface area contributed by atoms with Crippen LogP contribution in [0.1, 0.15) is 27.1 Å². The van der Waals surface area contributed by atoms with Crippen molar-refractivity contribution in [3.05, 3.63) is 68.9 Å². The molecule has 0 spiro atoms. The number of hydrogen-bond acceptors (Lipinski definition) is 0. The van der Waals surface area contributed by atoms with Crippen molar-refractivity contribution in [2.24, 2.45) is 0 Å². The standard InChI is InChI=1S/C15H13Br2F/c1-9-3-4-12(8-13(9)16)15(17)11-5-6-14(18)10(2)7-11/h3-8,15H,1-2H3. The summed E-state index contributed by atoms with van der Waals surface area (Å²) < 4.78 is 14.3. The number of hydrogen-bond donors (Lipinski definition) is 0. The minimum Gasteiger partial charge on any atom is -0.207 e. The van der Waals surface area contributed by atoms with Crippen molar-refractivity contribution >= 4 is 31.9 Å². The van der Waals surface area contributed by atoms with Gasteiger partial charge in [-0.05, 0) is 48.2 Å².